The van der Waals surface area contributed by atoms with Gasteiger partial charge in [-0.25, -0.2) is 0 Å². The van der Waals surface area contributed by atoms with Gasteiger partial charge in [-0.05, 0) is 0 Å². The minimum absolute atomic E-state index is 0.00148. The van der Waals surface area contributed by atoms with Crippen LogP contribution >= 0.6 is 0 Å². The fourth-order valence-electron chi connectivity index (χ4n) is 13.3. The first-order chi connectivity index (χ1) is 32.6. The normalized spacial score (nSPS) is 14.9. The third kappa shape index (κ3) is 11.1. The average molecular weight is 1250 g/mol. The van der Waals surface area contributed by atoms with Gasteiger partial charge in [-0.1, -0.05) is 0 Å². The van der Waals surface area contributed by atoms with Crippen LogP contribution in [0.2, 0.25) is 28.1 Å². The van der Waals surface area contributed by atoms with Crippen LogP contribution in [0, 0.1) is 0 Å². The van der Waals surface area contributed by atoms with E-state index in [1.807, 2.05) is 0 Å². The molecule has 0 radical (unpaired) electrons. The molecule has 67 heavy (non-hydrogen) atoms. The number of aromatic nitrogens is 4. The average Bonchev–Trinajstić information content (AvgIpc) is 4.12. The third-order valence-electron chi connectivity index (χ3n) is 17.1. The summed E-state index contributed by atoms with van der Waals surface area (Å²) in [6, 6.07) is 11.5. The first-order valence-corrected chi connectivity index (χ1v) is 48.9. The Kier molecular flexibility index (Phi) is 20.2. The van der Waals surface area contributed by atoms with E-state index in [4.69, 9.17) is 15.9 Å². The standard InChI is InChI=1S/C44H56N4Se2.3C4H9.3CH3.2Sn/c1-5-9-13-17-25-43(26-18-14-10-6-2)33-21-23-37-41(47-49-45-37)39(33)31-30-36-32(29-35(31)43)40-34(22-24-38-42(40)48-50-46-38)44(36,27-19-15-11-7-3)28-20-16-12-8-4;3*1-3-4-2;;;;;/h21-22,29-30H,5-20,25-28H2,1-4H3;3*1,3-4H2,2H3;3*1H3;;. The molecule has 8 heteroatoms. The van der Waals surface area contributed by atoms with E-state index in [0.717, 1.165) is 0 Å². The molecular weight excluding hydrogens is 1160 g/mol. The molecule has 0 saturated carbocycles. The number of hydrogen-bond donors (Lipinski definition) is 0. The number of rotatable bonds is 31. The van der Waals surface area contributed by atoms with Crippen LogP contribution in [0.4, 0.5) is 0 Å². The van der Waals surface area contributed by atoms with Crippen LogP contribution in [-0.4, -0.2) is 82.6 Å². The Morgan fingerprint density at radius 2 is 0.701 bits per heavy atom. The summed E-state index contributed by atoms with van der Waals surface area (Å²) < 4.78 is 30.0. The Morgan fingerprint density at radius 3 is 1.04 bits per heavy atom. The predicted octanol–water partition coefficient (Wildman–Crippen LogP) is 16.7. The molecule has 7 rings (SSSR count). The third-order valence-corrected chi connectivity index (χ3v) is 40.6. The van der Waals surface area contributed by atoms with E-state index in [9.17, 15) is 0 Å². The first kappa shape index (κ1) is 54.3. The number of unbranched alkanes of at least 4 members (excludes halogenated alkanes) is 15. The second-order valence-electron chi connectivity index (χ2n) is 22.8. The van der Waals surface area contributed by atoms with Gasteiger partial charge in [0.1, 0.15) is 0 Å². The van der Waals surface area contributed by atoms with Crippen molar-refractivity contribution in [2.45, 2.75) is 254 Å². The van der Waals surface area contributed by atoms with E-state index in [1.54, 1.807) is 40.5 Å². The Hall–Kier alpha value is -0.504. The molecule has 368 valence electrons. The SMILES string of the molecule is CCCCCCC1(CCCCCC)c2cc3c(cc2-c2c1c[c]([Sn]([CH3])([CH3])[CH3])c1n[se]nc21)C(CCCCCC)(CCCCCC)c1c[c]([Sn]([CH2]CCC)([CH2]CCC)[CH2]CCC)c2n[se]nc2c1-3. The van der Waals surface area contributed by atoms with Crippen LogP contribution in [0.5, 0.6) is 0 Å². The molecule has 0 bridgehead atoms. The van der Waals surface area contributed by atoms with E-state index in [2.05, 4.69) is 87.6 Å². The number of fused-ring (bicyclic) bond motifs is 10. The van der Waals surface area contributed by atoms with Gasteiger partial charge in [-0.15, -0.1) is 0 Å². The van der Waals surface area contributed by atoms with Gasteiger partial charge in [-0.2, -0.15) is 0 Å². The summed E-state index contributed by atoms with van der Waals surface area (Å²) in [5.41, 5.74) is 18.1. The molecule has 2 aliphatic carbocycles. The van der Waals surface area contributed by atoms with Crippen molar-refractivity contribution in [1.82, 2.24) is 15.9 Å². The number of nitrogens with zero attached hydrogens (tertiary/aromatic N) is 4. The summed E-state index contributed by atoms with van der Waals surface area (Å²) in [4.78, 5) is 7.87. The van der Waals surface area contributed by atoms with Crippen molar-refractivity contribution in [2.24, 2.45) is 0 Å². The zero-order chi connectivity index (χ0) is 47.7. The quantitative estimate of drug-likeness (QED) is 0.0328. The van der Waals surface area contributed by atoms with Crippen molar-refractivity contribution in [3.05, 3.63) is 46.5 Å². The molecule has 0 unspecified atom stereocenters. The monoisotopic (exact) mass is 1260 g/mol. The van der Waals surface area contributed by atoms with Gasteiger partial charge < -0.3 is 0 Å². The summed E-state index contributed by atoms with van der Waals surface area (Å²) in [6.45, 7) is 16.9. The Morgan fingerprint density at radius 1 is 0.373 bits per heavy atom. The van der Waals surface area contributed by atoms with Gasteiger partial charge in [0.05, 0.1) is 0 Å². The summed E-state index contributed by atoms with van der Waals surface area (Å²) in [5, 5.41) is 0. The Labute approximate surface area is 430 Å². The zero-order valence-corrected chi connectivity index (χ0v) is 53.6. The van der Waals surface area contributed by atoms with Crippen LogP contribution in [0.25, 0.3) is 44.3 Å². The number of hydrogen-bond acceptors (Lipinski definition) is 4. The number of benzene rings is 3. The maximum atomic E-state index is 5.68. The molecular formula is C59H92N4Se2Sn2. The van der Waals surface area contributed by atoms with Gasteiger partial charge in [-0.3, -0.25) is 0 Å². The first-order valence-electron chi connectivity index (χ1n) is 28.4. The molecule has 2 aromatic heterocycles. The molecule has 0 atom stereocenters. The minimum atomic E-state index is -2.97. The van der Waals surface area contributed by atoms with Crippen molar-refractivity contribution in [3.63, 3.8) is 0 Å². The Bertz CT molecular complexity index is 2320. The molecule has 0 amide bonds. The molecule has 0 spiro atoms. The fourth-order valence-corrected chi connectivity index (χ4v) is 37.4. The van der Waals surface area contributed by atoms with Gasteiger partial charge >= 0.3 is 435 Å². The molecule has 2 aliphatic rings. The van der Waals surface area contributed by atoms with E-state index in [0.29, 0.717) is 0 Å². The van der Waals surface area contributed by atoms with E-state index in [1.165, 1.54) is 213 Å². The second-order valence-corrected chi connectivity index (χ2v) is 52.5. The van der Waals surface area contributed by atoms with Gasteiger partial charge in [0.15, 0.2) is 0 Å². The Balaban J connectivity index is 1.59. The van der Waals surface area contributed by atoms with Crippen molar-refractivity contribution >= 4 is 95.9 Å². The molecule has 0 fully saturated rings. The second kappa shape index (κ2) is 25.0. The summed E-state index contributed by atoms with van der Waals surface area (Å²) in [5.74, 6) is 0. The predicted molar refractivity (Wildman–Crippen MR) is 301 cm³/mol. The molecule has 4 nitrogen and oxygen atoms in total. The van der Waals surface area contributed by atoms with Crippen molar-refractivity contribution in [2.75, 3.05) is 0 Å². The molecule has 0 saturated heterocycles. The van der Waals surface area contributed by atoms with Crippen molar-refractivity contribution in [3.8, 4) is 22.3 Å². The molecule has 0 aliphatic heterocycles. The summed E-state index contributed by atoms with van der Waals surface area (Å²) in [6.07, 6.45) is 34.0. The van der Waals surface area contributed by atoms with E-state index >= 15 is 0 Å². The van der Waals surface area contributed by atoms with Gasteiger partial charge in [0.25, 0.3) is 0 Å². The van der Waals surface area contributed by atoms with Crippen LogP contribution in [0.15, 0.2) is 24.3 Å². The van der Waals surface area contributed by atoms with E-state index in [-0.39, 0.29) is 40.8 Å². The van der Waals surface area contributed by atoms with Gasteiger partial charge in [0.2, 0.25) is 0 Å². The van der Waals surface area contributed by atoms with E-state index < -0.39 is 36.8 Å². The zero-order valence-electron chi connectivity index (χ0n) is 44.4. The van der Waals surface area contributed by atoms with Crippen molar-refractivity contribution in [1.29, 1.82) is 0 Å². The summed E-state index contributed by atoms with van der Waals surface area (Å²) in [7, 11) is 0. The molecule has 0 N–H and O–H groups in total. The maximum absolute atomic E-state index is 5.68. The van der Waals surface area contributed by atoms with Crippen LogP contribution in [-0.2, 0) is 10.8 Å². The molecule has 2 heterocycles. The molecule has 3 aromatic carbocycles. The topological polar surface area (TPSA) is 51.6 Å². The van der Waals surface area contributed by atoms with Crippen LogP contribution in [0.1, 0.15) is 238 Å². The van der Waals surface area contributed by atoms with Gasteiger partial charge in [0, 0.05) is 0 Å². The van der Waals surface area contributed by atoms with Crippen LogP contribution in [0.3, 0.4) is 0 Å². The van der Waals surface area contributed by atoms with Crippen molar-refractivity contribution < 1.29 is 0 Å². The molecule has 5 aromatic rings. The van der Waals surface area contributed by atoms with Crippen LogP contribution < -0.4 is 7.16 Å². The fraction of sp³-hybridized carbons (Fsp3) is 0.695. The summed E-state index contributed by atoms with van der Waals surface area (Å²) >= 11 is -5.74.